The molecule has 1 atom stereocenters. The van der Waals surface area contributed by atoms with E-state index in [1.165, 1.54) is 17.7 Å². The molecule has 0 amide bonds. The Morgan fingerprint density at radius 3 is 1.90 bits per heavy atom. The molecular weight excluding hydrogens is 718 g/mol. The van der Waals surface area contributed by atoms with Crippen LogP contribution in [0.15, 0.2) is 119 Å². The van der Waals surface area contributed by atoms with E-state index in [1.807, 2.05) is 37.3 Å². The third-order valence-electron chi connectivity index (χ3n) is 7.51. The summed E-state index contributed by atoms with van der Waals surface area (Å²) >= 11 is 23.0. The number of nitrogens with zero attached hydrogens (tertiary/aromatic N) is 1. The van der Waals surface area contributed by atoms with E-state index >= 15 is 0 Å². The van der Waals surface area contributed by atoms with Crippen molar-refractivity contribution < 1.29 is 13.5 Å². The lowest BCUT2D eigenvalue weighted by molar-refractivity contribution is 0.282. The Balaban J connectivity index is 0.000000187. The number of aliphatic imine (C=N–C) groups is 1. The van der Waals surface area contributed by atoms with E-state index in [0.717, 1.165) is 48.4 Å². The van der Waals surface area contributed by atoms with E-state index in [-0.39, 0.29) is 17.3 Å². The van der Waals surface area contributed by atoms with Crippen molar-refractivity contribution in [2.45, 2.75) is 46.5 Å². The number of hydrogen-bond acceptors (Lipinski definition) is 4. The normalized spacial score (nSPS) is 15.6. The van der Waals surface area contributed by atoms with E-state index in [2.05, 4.69) is 42.4 Å². The highest BCUT2D eigenvalue weighted by Gasteiger charge is 2.11. The highest BCUT2D eigenvalue weighted by atomic mass is 35.5. The van der Waals surface area contributed by atoms with Crippen molar-refractivity contribution in [1.29, 1.82) is 0 Å². The number of nitrogen functional groups attached to an aromatic ring is 1. The van der Waals surface area contributed by atoms with Gasteiger partial charge in [-0.3, -0.25) is 0 Å². The summed E-state index contributed by atoms with van der Waals surface area (Å²) in [4.78, 5) is 4.27. The van der Waals surface area contributed by atoms with Gasteiger partial charge in [-0.1, -0.05) is 107 Å². The molecule has 50 heavy (non-hydrogen) atoms. The minimum Gasteiger partial charge on any atom is -0.501 e. The zero-order chi connectivity index (χ0) is 36.6. The fourth-order valence-electron chi connectivity index (χ4n) is 4.46. The number of halogens is 6. The largest absolute Gasteiger partial charge is 0.501 e. The number of hydrogen-bond donors (Lipinski definition) is 2. The number of benzene rings is 4. The van der Waals surface area contributed by atoms with Crippen molar-refractivity contribution in [3.05, 3.63) is 152 Å². The van der Waals surface area contributed by atoms with Gasteiger partial charge in [0.05, 0.1) is 44.3 Å². The van der Waals surface area contributed by atoms with Gasteiger partial charge in [-0.05, 0) is 99.7 Å². The number of nitrogens with one attached hydrogen (secondary N) is 1. The molecule has 0 radical (unpaired) electrons. The van der Waals surface area contributed by atoms with Crippen molar-refractivity contribution in [2.75, 3.05) is 18.2 Å². The SMILES string of the molecule is CC1C=CC(=Nc2c(F)cccc2Cl)CC1.COC1=CCC(C)=CC1.Cc1ccc(Nc2c(F)cccc2Cl)cc1.Nc1c(Cl)cccc1Cl. The average molecular weight is 760 g/mol. The molecule has 0 bridgehead atoms. The average Bonchev–Trinajstić information content (AvgIpc) is 3.10. The van der Waals surface area contributed by atoms with Crippen LogP contribution >= 0.6 is 46.4 Å². The van der Waals surface area contributed by atoms with Gasteiger partial charge in [-0.2, -0.15) is 0 Å². The number of allylic oxidation sites excluding steroid dienone is 5. The standard InChI is InChI=1S/C13H13ClFN.C13H11ClFN.C8H12O.C6H5Cl2N/c2*1-9-5-7-10(8-6-9)16-13-11(14)3-2-4-12(13)15;1-7-3-5-8(9-2)6-4-7;7-4-2-1-3-5(8)6(4)9/h2-5,7,9H,6,8H2,1H3;2-8,16H,1H3;3,6H,4-5H2,1-2H3;1-3H,9H2. The Hall–Kier alpha value is -3.81. The second-order valence-electron chi connectivity index (χ2n) is 11.6. The minimum atomic E-state index is -0.368. The highest BCUT2D eigenvalue weighted by Crippen LogP contribution is 2.30. The molecule has 6 rings (SSSR count). The maximum Gasteiger partial charge on any atom is 0.150 e. The summed E-state index contributed by atoms with van der Waals surface area (Å²) in [6.07, 6.45) is 12.4. The maximum absolute atomic E-state index is 13.5. The second kappa shape index (κ2) is 20.8. The van der Waals surface area contributed by atoms with Crippen LogP contribution in [0.5, 0.6) is 0 Å². The molecule has 0 spiro atoms. The lowest BCUT2D eigenvalue weighted by atomic mass is 9.96. The predicted octanol–water partition coefficient (Wildman–Crippen LogP) is 13.9. The van der Waals surface area contributed by atoms with Crippen LogP contribution in [0, 0.1) is 24.5 Å². The highest BCUT2D eigenvalue weighted by molar-refractivity contribution is 6.38. The monoisotopic (exact) mass is 757 g/mol. The van der Waals surface area contributed by atoms with E-state index < -0.39 is 0 Å². The fraction of sp³-hybridized carbons (Fsp3) is 0.225. The van der Waals surface area contributed by atoms with Crippen molar-refractivity contribution in [1.82, 2.24) is 0 Å². The molecule has 3 N–H and O–H groups in total. The van der Waals surface area contributed by atoms with Crippen LogP contribution in [0.25, 0.3) is 0 Å². The van der Waals surface area contributed by atoms with Crippen molar-refractivity contribution in [3.63, 3.8) is 0 Å². The molecule has 0 aliphatic heterocycles. The van der Waals surface area contributed by atoms with Crippen LogP contribution in [0.4, 0.5) is 31.5 Å². The molecule has 0 saturated carbocycles. The van der Waals surface area contributed by atoms with E-state index in [4.69, 9.17) is 56.9 Å². The lowest BCUT2D eigenvalue weighted by Crippen LogP contribution is -2.04. The number of para-hydroxylation sites is 3. The van der Waals surface area contributed by atoms with Crippen LogP contribution < -0.4 is 11.1 Å². The van der Waals surface area contributed by atoms with Crippen molar-refractivity contribution in [2.24, 2.45) is 10.9 Å². The fourth-order valence-corrected chi connectivity index (χ4v) is 5.27. The predicted molar refractivity (Wildman–Crippen MR) is 211 cm³/mol. The van der Waals surface area contributed by atoms with Gasteiger partial charge in [-0.25, -0.2) is 13.8 Å². The Morgan fingerprint density at radius 1 is 0.780 bits per heavy atom. The lowest BCUT2D eigenvalue weighted by Gasteiger charge is -2.12. The Labute approximate surface area is 314 Å². The molecule has 4 aromatic carbocycles. The van der Waals surface area contributed by atoms with Gasteiger partial charge < -0.3 is 15.8 Å². The summed E-state index contributed by atoms with van der Waals surface area (Å²) in [6.45, 7) is 6.30. The summed E-state index contributed by atoms with van der Waals surface area (Å²) in [5.74, 6) is 0.954. The van der Waals surface area contributed by atoms with Gasteiger partial charge in [0.1, 0.15) is 17.3 Å². The number of anilines is 3. The van der Waals surface area contributed by atoms with E-state index in [0.29, 0.717) is 37.4 Å². The van der Waals surface area contributed by atoms with Crippen molar-refractivity contribution in [3.8, 4) is 0 Å². The van der Waals surface area contributed by atoms with Crippen LogP contribution in [0.1, 0.15) is 45.1 Å². The Bertz CT molecular complexity index is 1780. The summed E-state index contributed by atoms with van der Waals surface area (Å²) in [5, 5.41) is 4.70. The smallest absolute Gasteiger partial charge is 0.150 e. The molecule has 0 saturated heterocycles. The van der Waals surface area contributed by atoms with Crippen molar-refractivity contribution >= 4 is 74.9 Å². The molecule has 0 heterocycles. The first-order chi connectivity index (χ1) is 23.9. The zero-order valence-corrected chi connectivity index (χ0v) is 31.4. The number of nitrogens with two attached hydrogens (primary N) is 1. The molecule has 0 fully saturated rings. The molecule has 2 aliphatic rings. The first kappa shape index (κ1) is 40.6. The van der Waals surface area contributed by atoms with Gasteiger partial charge >= 0.3 is 0 Å². The van der Waals surface area contributed by atoms with Crippen LogP contribution in [0.2, 0.25) is 20.1 Å². The molecule has 0 aromatic heterocycles. The van der Waals surface area contributed by atoms with E-state index in [1.54, 1.807) is 49.6 Å². The van der Waals surface area contributed by atoms with E-state index in [9.17, 15) is 8.78 Å². The van der Waals surface area contributed by atoms with Gasteiger partial charge in [0.25, 0.3) is 0 Å². The summed E-state index contributed by atoms with van der Waals surface area (Å²) in [5.41, 5.74) is 10.7. The third kappa shape index (κ3) is 13.5. The number of ether oxygens (including phenoxy) is 1. The maximum atomic E-state index is 13.5. The molecule has 1 unspecified atom stereocenters. The van der Waals surface area contributed by atoms with Gasteiger partial charge in [0, 0.05) is 17.8 Å². The first-order valence-electron chi connectivity index (χ1n) is 15.9. The van der Waals surface area contributed by atoms with Gasteiger partial charge in [0.15, 0.2) is 0 Å². The topological polar surface area (TPSA) is 59.6 Å². The molecule has 4 nitrogen and oxygen atoms in total. The Morgan fingerprint density at radius 2 is 1.38 bits per heavy atom. The first-order valence-corrected chi connectivity index (χ1v) is 17.4. The van der Waals surface area contributed by atoms with Crippen LogP contribution in [-0.4, -0.2) is 12.8 Å². The second-order valence-corrected chi connectivity index (χ2v) is 13.2. The van der Waals surface area contributed by atoms with Crippen LogP contribution in [0.3, 0.4) is 0 Å². The molecule has 2 aliphatic carbocycles. The molecule has 264 valence electrons. The summed E-state index contributed by atoms with van der Waals surface area (Å²) < 4.78 is 32.0. The Kier molecular flexibility index (Phi) is 16.9. The quantitative estimate of drug-likeness (QED) is 0.161. The van der Waals surface area contributed by atoms with Crippen LogP contribution in [-0.2, 0) is 4.74 Å². The number of aryl methyl sites for hydroxylation is 1. The van der Waals surface area contributed by atoms with Gasteiger partial charge in [-0.15, -0.1) is 0 Å². The van der Waals surface area contributed by atoms with Gasteiger partial charge in [0.2, 0.25) is 0 Å². The summed E-state index contributed by atoms with van der Waals surface area (Å²) in [7, 11) is 1.72. The number of methoxy groups -OCH3 is 1. The summed E-state index contributed by atoms with van der Waals surface area (Å²) in [6, 6.07) is 22.1. The zero-order valence-electron chi connectivity index (χ0n) is 28.4. The minimum absolute atomic E-state index is 0.248. The molecule has 4 aromatic rings. The molecule has 10 heteroatoms. The number of rotatable bonds is 4. The molecular formula is C40H41Cl4F2N3O. The third-order valence-corrected chi connectivity index (χ3v) is 8.79.